The molecule has 32 heavy (non-hydrogen) atoms. The lowest BCUT2D eigenvalue weighted by Gasteiger charge is -2.12. The third-order valence-corrected chi connectivity index (χ3v) is 6.61. The average molecular weight is 482 g/mol. The van der Waals surface area contributed by atoms with Gasteiger partial charge in [-0.1, -0.05) is 54.2 Å². The number of methoxy groups -OCH3 is 1. The van der Waals surface area contributed by atoms with Crippen LogP contribution in [0.25, 0.3) is 11.1 Å². The molecule has 3 rings (SSSR count). The first kappa shape index (κ1) is 23.7. The van der Waals surface area contributed by atoms with E-state index in [-0.39, 0.29) is 0 Å². The summed E-state index contributed by atoms with van der Waals surface area (Å²) in [5, 5.41) is 0. The Bertz CT molecular complexity index is 1190. The van der Waals surface area contributed by atoms with Crippen molar-refractivity contribution in [2.75, 3.05) is 7.11 Å². The maximum absolute atomic E-state index is 12.5. The average Bonchev–Trinajstić information content (AvgIpc) is 2.74. The van der Waals surface area contributed by atoms with Crippen LogP contribution >= 0.6 is 11.8 Å². The summed E-state index contributed by atoms with van der Waals surface area (Å²) in [6.45, 7) is 0. The van der Waals surface area contributed by atoms with Gasteiger partial charge in [-0.2, -0.15) is 21.6 Å². The Morgan fingerprint density at radius 2 is 1.50 bits per heavy atom. The second-order valence-corrected chi connectivity index (χ2v) is 9.40. The van der Waals surface area contributed by atoms with E-state index in [1.165, 1.54) is 11.8 Å². The van der Waals surface area contributed by atoms with Crippen LogP contribution in [-0.4, -0.2) is 26.9 Å². The SMILES string of the molecule is COc1ccc(-c2ccc(Sc3ccccc3CC(=O)NS(=O)(=O)C(F)(F)F)cc2)cc1. The van der Waals surface area contributed by atoms with Crippen molar-refractivity contribution in [1.82, 2.24) is 4.72 Å². The molecular formula is C22H18F3NO4S2. The van der Waals surface area contributed by atoms with Gasteiger partial charge in [-0.3, -0.25) is 4.79 Å². The van der Waals surface area contributed by atoms with Crippen molar-refractivity contribution in [3.05, 3.63) is 78.4 Å². The van der Waals surface area contributed by atoms with Gasteiger partial charge >= 0.3 is 15.5 Å². The van der Waals surface area contributed by atoms with E-state index in [1.807, 2.05) is 48.5 Å². The molecule has 0 aliphatic heterocycles. The van der Waals surface area contributed by atoms with Crippen molar-refractivity contribution in [2.24, 2.45) is 0 Å². The molecule has 0 spiro atoms. The number of carbonyl (C=O) groups excluding carboxylic acids is 1. The van der Waals surface area contributed by atoms with E-state index in [0.717, 1.165) is 26.5 Å². The number of carbonyl (C=O) groups is 1. The molecule has 0 aliphatic rings. The first-order chi connectivity index (χ1) is 15.1. The molecule has 0 radical (unpaired) electrons. The number of amides is 1. The van der Waals surface area contributed by atoms with Crippen molar-refractivity contribution < 1.29 is 31.1 Å². The minimum absolute atomic E-state index is 0.409. The van der Waals surface area contributed by atoms with Crippen LogP contribution in [0.5, 0.6) is 5.75 Å². The summed E-state index contributed by atoms with van der Waals surface area (Å²) in [5.74, 6) is -0.505. The molecule has 0 bridgehead atoms. The fourth-order valence-electron chi connectivity index (χ4n) is 2.79. The summed E-state index contributed by atoms with van der Waals surface area (Å²) in [7, 11) is -4.14. The number of alkyl halides is 3. The molecule has 0 fully saturated rings. The van der Waals surface area contributed by atoms with Gasteiger partial charge in [-0.05, 0) is 47.0 Å². The highest BCUT2D eigenvalue weighted by atomic mass is 32.2. The van der Waals surface area contributed by atoms with E-state index >= 15 is 0 Å². The molecule has 3 aromatic carbocycles. The molecule has 3 aromatic rings. The van der Waals surface area contributed by atoms with Gasteiger partial charge in [0, 0.05) is 9.79 Å². The number of hydrogen-bond acceptors (Lipinski definition) is 5. The van der Waals surface area contributed by atoms with Crippen LogP contribution in [-0.2, 0) is 21.2 Å². The number of rotatable bonds is 7. The number of hydrogen-bond donors (Lipinski definition) is 1. The molecule has 0 atom stereocenters. The lowest BCUT2D eigenvalue weighted by Crippen LogP contribution is -2.40. The molecule has 0 aromatic heterocycles. The van der Waals surface area contributed by atoms with Gasteiger partial charge in [0.1, 0.15) is 5.75 Å². The Morgan fingerprint density at radius 1 is 0.938 bits per heavy atom. The molecule has 10 heteroatoms. The normalized spacial score (nSPS) is 11.8. The number of sulfonamides is 1. The molecule has 0 saturated heterocycles. The third-order valence-electron chi connectivity index (χ3n) is 4.38. The van der Waals surface area contributed by atoms with E-state index in [4.69, 9.17) is 4.74 Å². The van der Waals surface area contributed by atoms with Gasteiger partial charge in [-0.25, -0.2) is 4.72 Å². The summed E-state index contributed by atoms with van der Waals surface area (Å²) < 4.78 is 65.9. The second kappa shape index (κ2) is 9.66. The number of ether oxygens (including phenoxy) is 1. The van der Waals surface area contributed by atoms with Gasteiger partial charge in [0.05, 0.1) is 13.5 Å². The third kappa shape index (κ3) is 5.83. The van der Waals surface area contributed by atoms with Crippen LogP contribution < -0.4 is 9.46 Å². The first-order valence-electron chi connectivity index (χ1n) is 9.21. The fraction of sp³-hybridized carbons (Fsp3) is 0.136. The molecule has 0 unspecified atom stereocenters. The molecule has 0 aliphatic carbocycles. The van der Waals surface area contributed by atoms with Crippen LogP contribution in [0.1, 0.15) is 5.56 Å². The monoisotopic (exact) mass is 481 g/mol. The molecule has 1 amide bonds. The summed E-state index contributed by atoms with van der Waals surface area (Å²) in [6.07, 6.45) is -0.511. The highest BCUT2D eigenvalue weighted by Crippen LogP contribution is 2.33. The molecule has 5 nitrogen and oxygen atoms in total. The van der Waals surface area contributed by atoms with Crippen LogP contribution in [0.2, 0.25) is 0 Å². The molecular weight excluding hydrogens is 463 g/mol. The van der Waals surface area contributed by atoms with E-state index < -0.39 is 27.9 Å². The molecule has 0 heterocycles. The Labute approximate surface area is 187 Å². The summed E-state index contributed by atoms with van der Waals surface area (Å²) in [4.78, 5) is 13.4. The van der Waals surface area contributed by atoms with E-state index in [2.05, 4.69) is 0 Å². The quantitative estimate of drug-likeness (QED) is 0.513. The lowest BCUT2D eigenvalue weighted by molar-refractivity contribution is -0.119. The van der Waals surface area contributed by atoms with E-state index in [0.29, 0.717) is 10.5 Å². The zero-order chi connectivity index (χ0) is 23.4. The number of halogens is 3. The fourth-order valence-corrected chi connectivity index (χ4v) is 4.22. The minimum Gasteiger partial charge on any atom is -0.497 e. The van der Waals surface area contributed by atoms with Gasteiger partial charge in [-0.15, -0.1) is 0 Å². The Hall–Kier alpha value is -2.98. The van der Waals surface area contributed by atoms with Crippen LogP contribution in [0.3, 0.4) is 0 Å². The first-order valence-corrected chi connectivity index (χ1v) is 11.5. The largest absolute Gasteiger partial charge is 0.516 e. The van der Waals surface area contributed by atoms with E-state index in [1.54, 1.807) is 31.4 Å². The molecule has 0 saturated carbocycles. The van der Waals surface area contributed by atoms with Crippen molar-refractivity contribution in [1.29, 1.82) is 0 Å². The molecule has 168 valence electrons. The minimum atomic E-state index is -5.74. The zero-order valence-corrected chi connectivity index (χ0v) is 18.4. The maximum Gasteiger partial charge on any atom is 0.516 e. The Balaban J connectivity index is 1.72. The van der Waals surface area contributed by atoms with Crippen LogP contribution in [0.4, 0.5) is 13.2 Å². The Morgan fingerprint density at radius 3 is 2.06 bits per heavy atom. The van der Waals surface area contributed by atoms with Crippen molar-refractivity contribution in [3.63, 3.8) is 0 Å². The van der Waals surface area contributed by atoms with Crippen LogP contribution in [0, 0.1) is 0 Å². The topological polar surface area (TPSA) is 72.5 Å². The van der Waals surface area contributed by atoms with Gasteiger partial charge in [0.15, 0.2) is 0 Å². The standard InChI is InChI=1S/C22H18F3NO4S2/c1-30-18-10-6-15(7-11-18)16-8-12-19(13-9-16)31-20-5-3-2-4-17(20)14-21(27)26-32(28,29)22(23,24)25/h2-13H,14H2,1H3,(H,26,27). The number of benzene rings is 3. The number of nitrogens with one attached hydrogen (secondary N) is 1. The van der Waals surface area contributed by atoms with Crippen molar-refractivity contribution >= 4 is 27.7 Å². The highest BCUT2D eigenvalue weighted by Gasteiger charge is 2.46. The van der Waals surface area contributed by atoms with Gasteiger partial charge < -0.3 is 4.74 Å². The highest BCUT2D eigenvalue weighted by molar-refractivity contribution is 7.99. The molecule has 1 N–H and O–H groups in total. The summed E-state index contributed by atoms with van der Waals surface area (Å²) in [6, 6.07) is 21.8. The van der Waals surface area contributed by atoms with Gasteiger partial charge in [0.25, 0.3) is 0 Å². The predicted octanol–water partition coefficient (Wildman–Crippen LogP) is 5.02. The van der Waals surface area contributed by atoms with Crippen molar-refractivity contribution in [2.45, 2.75) is 21.7 Å². The maximum atomic E-state index is 12.5. The second-order valence-electron chi connectivity index (χ2n) is 6.61. The summed E-state index contributed by atoms with van der Waals surface area (Å²) >= 11 is 1.32. The Kier molecular flexibility index (Phi) is 7.15. The smallest absolute Gasteiger partial charge is 0.497 e. The lowest BCUT2D eigenvalue weighted by atomic mass is 10.1. The van der Waals surface area contributed by atoms with Crippen LogP contribution in [0.15, 0.2) is 82.6 Å². The summed E-state index contributed by atoms with van der Waals surface area (Å²) in [5.41, 5.74) is -3.15. The van der Waals surface area contributed by atoms with Gasteiger partial charge in [0.2, 0.25) is 5.91 Å². The zero-order valence-electron chi connectivity index (χ0n) is 16.7. The van der Waals surface area contributed by atoms with Crippen molar-refractivity contribution in [3.8, 4) is 16.9 Å². The predicted molar refractivity (Wildman–Crippen MR) is 116 cm³/mol. The van der Waals surface area contributed by atoms with E-state index in [9.17, 15) is 26.4 Å².